The minimum Gasteiger partial charge on any atom is -0.490 e. The van der Waals surface area contributed by atoms with Crippen LogP contribution in [0.5, 0.6) is 11.5 Å². The zero-order valence-corrected chi connectivity index (χ0v) is 15.7. The van der Waals surface area contributed by atoms with Crippen molar-refractivity contribution in [3.05, 3.63) is 58.4 Å². The van der Waals surface area contributed by atoms with E-state index in [1.807, 2.05) is 25.1 Å². The van der Waals surface area contributed by atoms with Gasteiger partial charge in [0.05, 0.1) is 11.6 Å². The van der Waals surface area contributed by atoms with Crippen LogP contribution >= 0.6 is 11.6 Å². The summed E-state index contributed by atoms with van der Waals surface area (Å²) in [4.78, 5) is 0. The fourth-order valence-electron chi connectivity index (χ4n) is 2.31. The third-order valence-electron chi connectivity index (χ3n) is 4.01. The van der Waals surface area contributed by atoms with E-state index < -0.39 is 0 Å². The predicted molar refractivity (Wildman–Crippen MR) is 99.9 cm³/mol. The molecule has 0 saturated carbocycles. The van der Waals surface area contributed by atoms with Crippen LogP contribution in [0.1, 0.15) is 38.3 Å². The Morgan fingerprint density at radius 1 is 1.12 bits per heavy atom. The second-order valence-corrected chi connectivity index (χ2v) is 6.30. The summed E-state index contributed by atoms with van der Waals surface area (Å²) in [5.74, 6) is 0.853. The third-order valence-corrected chi connectivity index (χ3v) is 4.36. The van der Waals surface area contributed by atoms with Gasteiger partial charge in [-0.15, -0.1) is 0 Å². The van der Waals surface area contributed by atoms with Gasteiger partial charge >= 0.3 is 0 Å². The smallest absolute Gasteiger partial charge is 0.161 e. The van der Waals surface area contributed by atoms with Crippen LogP contribution in [0.3, 0.4) is 0 Å². The van der Waals surface area contributed by atoms with Gasteiger partial charge in [-0.25, -0.2) is 4.39 Å². The van der Waals surface area contributed by atoms with E-state index in [0.717, 1.165) is 18.5 Å². The molecule has 1 N–H and O–H groups in total. The van der Waals surface area contributed by atoms with E-state index in [2.05, 4.69) is 19.2 Å². The molecule has 2 aromatic rings. The summed E-state index contributed by atoms with van der Waals surface area (Å²) in [5.41, 5.74) is 1.45. The van der Waals surface area contributed by atoms with Gasteiger partial charge < -0.3 is 14.8 Å². The molecule has 0 fully saturated rings. The monoisotopic (exact) mass is 365 g/mol. The molecule has 2 aromatic carbocycles. The lowest BCUT2D eigenvalue weighted by atomic mass is 10.1. The van der Waals surface area contributed by atoms with Crippen molar-refractivity contribution in [3.63, 3.8) is 0 Å². The molecule has 136 valence electrons. The molecule has 0 heterocycles. The Morgan fingerprint density at radius 2 is 1.92 bits per heavy atom. The van der Waals surface area contributed by atoms with Gasteiger partial charge in [0.1, 0.15) is 12.4 Å². The van der Waals surface area contributed by atoms with Crippen molar-refractivity contribution in [3.8, 4) is 11.5 Å². The Kier molecular flexibility index (Phi) is 7.53. The fourth-order valence-corrected chi connectivity index (χ4v) is 2.52. The Morgan fingerprint density at radius 3 is 2.60 bits per heavy atom. The highest BCUT2D eigenvalue weighted by Crippen LogP contribution is 2.30. The van der Waals surface area contributed by atoms with Crippen molar-refractivity contribution in [1.29, 1.82) is 0 Å². The molecular weight excluding hydrogens is 341 g/mol. The summed E-state index contributed by atoms with van der Waals surface area (Å²) in [7, 11) is 0. The quantitative estimate of drug-likeness (QED) is 0.650. The topological polar surface area (TPSA) is 30.5 Å². The first-order valence-corrected chi connectivity index (χ1v) is 8.97. The number of hydrogen-bond acceptors (Lipinski definition) is 3. The molecule has 0 aromatic heterocycles. The van der Waals surface area contributed by atoms with Crippen LogP contribution in [-0.4, -0.2) is 12.6 Å². The van der Waals surface area contributed by atoms with Crippen molar-refractivity contribution >= 4 is 11.6 Å². The average Bonchev–Trinajstić information content (AvgIpc) is 2.60. The molecule has 2 rings (SSSR count). The number of ether oxygens (including phenoxy) is 2. The first-order valence-electron chi connectivity index (χ1n) is 8.59. The van der Waals surface area contributed by atoms with Gasteiger partial charge in [0.15, 0.2) is 11.5 Å². The third kappa shape index (κ3) is 5.62. The minimum atomic E-state index is -0.375. The van der Waals surface area contributed by atoms with E-state index in [1.54, 1.807) is 12.1 Å². The van der Waals surface area contributed by atoms with Crippen LogP contribution in [-0.2, 0) is 13.2 Å². The van der Waals surface area contributed by atoms with Gasteiger partial charge in [0, 0.05) is 18.2 Å². The van der Waals surface area contributed by atoms with Crippen LogP contribution in [0.4, 0.5) is 4.39 Å². The van der Waals surface area contributed by atoms with E-state index in [9.17, 15) is 4.39 Å². The molecule has 0 aliphatic carbocycles. The molecule has 1 atom stereocenters. The fraction of sp³-hybridized carbons (Fsp3) is 0.400. The van der Waals surface area contributed by atoms with Crippen molar-refractivity contribution in [2.45, 2.75) is 46.4 Å². The first-order chi connectivity index (χ1) is 12.0. The SMILES string of the molecule is CCOc1cc(CN[C@H](C)CC)ccc1OCc1c(F)cccc1Cl. The van der Waals surface area contributed by atoms with Crippen LogP contribution in [0.25, 0.3) is 0 Å². The van der Waals surface area contributed by atoms with Gasteiger partial charge in [0.2, 0.25) is 0 Å². The second kappa shape index (κ2) is 9.64. The molecule has 0 unspecified atom stereocenters. The Hall–Kier alpha value is -1.78. The second-order valence-electron chi connectivity index (χ2n) is 5.89. The van der Waals surface area contributed by atoms with Crippen molar-refractivity contribution < 1.29 is 13.9 Å². The summed E-state index contributed by atoms with van der Waals surface area (Å²) in [6.07, 6.45) is 1.07. The molecule has 25 heavy (non-hydrogen) atoms. The van der Waals surface area contributed by atoms with Gasteiger partial charge in [-0.2, -0.15) is 0 Å². The van der Waals surface area contributed by atoms with E-state index in [-0.39, 0.29) is 12.4 Å². The molecule has 0 aliphatic rings. The maximum absolute atomic E-state index is 13.9. The highest BCUT2D eigenvalue weighted by molar-refractivity contribution is 6.31. The average molecular weight is 366 g/mol. The van der Waals surface area contributed by atoms with Crippen LogP contribution in [0.15, 0.2) is 36.4 Å². The van der Waals surface area contributed by atoms with Crippen molar-refractivity contribution in [1.82, 2.24) is 5.32 Å². The predicted octanol–water partition coefficient (Wildman–Crippen LogP) is 5.34. The summed E-state index contributed by atoms with van der Waals surface area (Å²) < 4.78 is 25.3. The lowest BCUT2D eigenvalue weighted by Crippen LogP contribution is -2.24. The standard InChI is InChI=1S/C20H25ClFNO2/c1-4-14(3)23-12-15-9-10-19(20(11-15)24-5-2)25-13-16-17(21)7-6-8-18(16)22/h6-11,14,23H,4-5,12-13H2,1-3H3/t14-/m1/s1. The summed E-state index contributed by atoms with van der Waals surface area (Å²) in [6.45, 7) is 7.55. The lowest BCUT2D eigenvalue weighted by Gasteiger charge is -2.16. The van der Waals surface area contributed by atoms with E-state index in [1.165, 1.54) is 6.07 Å². The molecule has 0 bridgehead atoms. The number of halogens is 2. The van der Waals surface area contributed by atoms with Gasteiger partial charge in [-0.05, 0) is 50.1 Å². The first kappa shape index (κ1) is 19.5. The molecule has 3 nitrogen and oxygen atoms in total. The lowest BCUT2D eigenvalue weighted by molar-refractivity contribution is 0.265. The molecule has 0 saturated heterocycles. The number of benzene rings is 2. The van der Waals surface area contributed by atoms with Gasteiger partial charge in [0.25, 0.3) is 0 Å². The molecule has 0 radical (unpaired) electrons. The molecular formula is C20H25ClFNO2. The number of hydrogen-bond donors (Lipinski definition) is 1. The minimum absolute atomic E-state index is 0.0516. The Balaban J connectivity index is 2.11. The molecule has 0 amide bonds. The normalized spacial score (nSPS) is 12.0. The zero-order valence-electron chi connectivity index (χ0n) is 14.9. The number of rotatable bonds is 9. The van der Waals surface area contributed by atoms with E-state index in [4.69, 9.17) is 21.1 Å². The maximum atomic E-state index is 13.9. The highest BCUT2D eigenvalue weighted by atomic mass is 35.5. The Labute approximate surface area is 154 Å². The molecule has 0 spiro atoms. The van der Waals surface area contributed by atoms with Crippen molar-refractivity contribution in [2.24, 2.45) is 0 Å². The molecule has 5 heteroatoms. The maximum Gasteiger partial charge on any atom is 0.161 e. The summed E-state index contributed by atoms with van der Waals surface area (Å²) >= 11 is 6.05. The van der Waals surface area contributed by atoms with Crippen molar-refractivity contribution in [2.75, 3.05) is 6.61 Å². The van der Waals surface area contributed by atoms with E-state index in [0.29, 0.717) is 34.7 Å². The summed E-state index contributed by atoms with van der Waals surface area (Å²) in [6, 6.07) is 10.8. The van der Waals surface area contributed by atoms with Gasteiger partial charge in [-0.1, -0.05) is 30.7 Å². The Bertz CT molecular complexity index is 673. The molecule has 0 aliphatic heterocycles. The van der Waals surface area contributed by atoms with Crippen LogP contribution in [0, 0.1) is 5.82 Å². The van der Waals surface area contributed by atoms with Crippen LogP contribution in [0.2, 0.25) is 5.02 Å². The summed E-state index contributed by atoms with van der Waals surface area (Å²) in [5, 5.41) is 3.80. The number of nitrogens with one attached hydrogen (secondary N) is 1. The largest absolute Gasteiger partial charge is 0.490 e. The van der Waals surface area contributed by atoms with Crippen LogP contribution < -0.4 is 14.8 Å². The van der Waals surface area contributed by atoms with E-state index >= 15 is 0 Å². The van der Waals surface area contributed by atoms with Gasteiger partial charge in [-0.3, -0.25) is 0 Å². The zero-order chi connectivity index (χ0) is 18.2. The highest BCUT2D eigenvalue weighted by Gasteiger charge is 2.11.